The highest BCUT2D eigenvalue weighted by Crippen LogP contribution is 2.05. The van der Waals surface area contributed by atoms with E-state index in [2.05, 4.69) is 13.8 Å². The van der Waals surface area contributed by atoms with Crippen LogP contribution >= 0.6 is 0 Å². The Kier molecular flexibility index (Phi) is 13.6. The van der Waals surface area contributed by atoms with E-state index in [4.69, 9.17) is 4.74 Å². The summed E-state index contributed by atoms with van der Waals surface area (Å²) in [7, 11) is 0. The molecule has 0 aliphatic heterocycles. The number of allylic oxidation sites excluding steroid dienone is 1. The van der Waals surface area contributed by atoms with Gasteiger partial charge in [-0.2, -0.15) is 0 Å². The van der Waals surface area contributed by atoms with Crippen LogP contribution in [0, 0.1) is 0 Å². The van der Waals surface area contributed by atoms with Crippen molar-refractivity contribution >= 4 is 5.97 Å². The Morgan fingerprint density at radius 1 is 0.889 bits per heavy atom. The zero-order chi connectivity index (χ0) is 13.5. The average molecular weight is 254 g/mol. The Hall–Kier alpha value is -0.790. The first-order valence-corrected chi connectivity index (χ1v) is 7.64. The van der Waals surface area contributed by atoms with Crippen LogP contribution in [0.3, 0.4) is 0 Å². The molecule has 0 aliphatic carbocycles. The van der Waals surface area contributed by atoms with E-state index in [-0.39, 0.29) is 5.97 Å². The van der Waals surface area contributed by atoms with Gasteiger partial charge in [0.05, 0.1) is 6.61 Å². The van der Waals surface area contributed by atoms with Crippen molar-refractivity contribution in [2.45, 2.75) is 78.1 Å². The molecule has 0 rings (SSSR count). The van der Waals surface area contributed by atoms with E-state index in [0.717, 1.165) is 19.3 Å². The standard InChI is InChI=1S/C16H30O2/c1-3-5-7-9-10-11-12-14-16(17)18-15-13-8-6-4-2/h12,14H,3-11,13,15H2,1-2H3/b14-12+. The molecule has 106 valence electrons. The molecule has 0 N–H and O–H groups in total. The molecular formula is C16H30O2. The fourth-order valence-electron chi connectivity index (χ4n) is 1.80. The fraction of sp³-hybridized carbons (Fsp3) is 0.812. The zero-order valence-corrected chi connectivity index (χ0v) is 12.2. The molecule has 0 aliphatic rings. The Morgan fingerprint density at radius 2 is 1.50 bits per heavy atom. The maximum atomic E-state index is 11.3. The molecule has 0 saturated heterocycles. The van der Waals surface area contributed by atoms with Gasteiger partial charge < -0.3 is 4.74 Å². The molecule has 2 nitrogen and oxygen atoms in total. The Balaban J connectivity index is 3.28. The van der Waals surface area contributed by atoms with Gasteiger partial charge >= 0.3 is 5.97 Å². The molecule has 0 amide bonds. The predicted octanol–water partition coefficient (Wildman–Crippen LogP) is 5.03. The number of unbranched alkanes of at least 4 members (excludes halogenated alkanes) is 8. The number of carbonyl (C=O) groups excluding carboxylic acids is 1. The molecule has 0 aromatic heterocycles. The van der Waals surface area contributed by atoms with Crippen LogP contribution in [0.4, 0.5) is 0 Å². The molecule has 18 heavy (non-hydrogen) atoms. The van der Waals surface area contributed by atoms with E-state index < -0.39 is 0 Å². The summed E-state index contributed by atoms with van der Waals surface area (Å²) in [4.78, 5) is 11.3. The minimum Gasteiger partial charge on any atom is -0.463 e. The molecule has 0 radical (unpaired) electrons. The summed E-state index contributed by atoms with van der Waals surface area (Å²) in [6, 6.07) is 0. The number of esters is 1. The van der Waals surface area contributed by atoms with Crippen molar-refractivity contribution in [3.63, 3.8) is 0 Å². The number of carbonyl (C=O) groups is 1. The minimum atomic E-state index is -0.181. The van der Waals surface area contributed by atoms with Gasteiger partial charge in [-0.25, -0.2) is 4.79 Å². The maximum absolute atomic E-state index is 11.3. The summed E-state index contributed by atoms with van der Waals surface area (Å²) in [5, 5.41) is 0. The number of rotatable bonds is 12. The van der Waals surface area contributed by atoms with Crippen LogP contribution in [-0.2, 0) is 9.53 Å². The number of hydrogen-bond donors (Lipinski definition) is 0. The maximum Gasteiger partial charge on any atom is 0.330 e. The third-order valence-electron chi connectivity index (χ3n) is 2.97. The molecule has 0 fully saturated rings. The largest absolute Gasteiger partial charge is 0.463 e. The molecule has 0 unspecified atom stereocenters. The number of hydrogen-bond acceptors (Lipinski definition) is 2. The Labute approximate surface area is 113 Å². The third kappa shape index (κ3) is 13.3. The summed E-state index contributed by atoms with van der Waals surface area (Å²) in [6.07, 6.45) is 15.5. The average Bonchev–Trinajstić information content (AvgIpc) is 2.37. The van der Waals surface area contributed by atoms with Crippen molar-refractivity contribution < 1.29 is 9.53 Å². The SMILES string of the molecule is CCCCCCC/C=C/C(=O)OCCCCCC. The van der Waals surface area contributed by atoms with Gasteiger partial charge in [0.1, 0.15) is 0 Å². The number of ether oxygens (including phenoxy) is 1. The van der Waals surface area contributed by atoms with E-state index in [9.17, 15) is 4.79 Å². The first-order valence-electron chi connectivity index (χ1n) is 7.64. The van der Waals surface area contributed by atoms with Crippen LogP contribution in [0.2, 0.25) is 0 Å². The van der Waals surface area contributed by atoms with Crippen LogP contribution in [0.25, 0.3) is 0 Å². The minimum absolute atomic E-state index is 0.181. The normalized spacial score (nSPS) is 11.0. The molecule has 0 bridgehead atoms. The molecule has 0 atom stereocenters. The Bertz CT molecular complexity index is 209. The van der Waals surface area contributed by atoms with E-state index >= 15 is 0 Å². The lowest BCUT2D eigenvalue weighted by Gasteiger charge is -2.01. The van der Waals surface area contributed by atoms with Gasteiger partial charge in [-0.15, -0.1) is 0 Å². The van der Waals surface area contributed by atoms with Crippen LogP contribution in [0.1, 0.15) is 78.1 Å². The quantitative estimate of drug-likeness (QED) is 0.277. The van der Waals surface area contributed by atoms with Gasteiger partial charge in [-0.3, -0.25) is 0 Å². The summed E-state index contributed by atoms with van der Waals surface area (Å²) in [5.74, 6) is -0.181. The van der Waals surface area contributed by atoms with Gasteiger partial charge in [-0.05, 0) is 19.3 Å². The first-order chi connectivity index (χ1) is 8.81. The summed E-state index contributed by atoms with van der Waals surface area (Å²) in [5.41, 5.74) is 0. The lowest BCUT2D eigenvalue weighted by molar-refractivity contribution is -0.137. The third-order valence-corrected chi connectivity index (χ3v) is 2.97. The predicted molar refractivity (Wildman–Crippen MR) is 77.6 cm³/mol. The van der Waals surface area contributed by atoms with Gasteiger partial charge in [0.25, 0.3) is 0 Å². The second kappa shape index (κ2) is 14.3. The molecule has 0 aromatic carbocycles. The highest BCUT2D eigenvalue weighted by molar-refractivity contribution is 5.81. The fourth-order valence-corrected chi connectivity index (χ4v) is 1.80. The van der Waals surface area contributed by atoms with Crippen LogP contribution in [-0.4, -0.2) is 12.6 Å². The molecule has 2 heteroatoms. The van der Waals surface area contributed by atoms with Crippen molar-refractivity contribution in [1.29, 1.82) is 0 Å². The second-order valence-electron chi connectivity index (χ2n) is 4.83. The summed E-state index contributed by atoms with van der Waals surface area (Å²) in [6.45, 7) is 4.96. The highest BCUT2D eigenvalue weighted by atomic mass is 16.5. The van der Waals surface area contributed by atoms with E-state index in [1.807, 2.05) is 6.08 Å². The lowest BCUT2D eigenvalue weighted by Crippen LogP contribution is -2.02. The van der Waals surface area contributed by atoms with Crippen LogP contribution in [0.15, 0.2) is 12.2 Å². The first kappa shape index (κ1) is 17.2. The van der Waals surface area contributed by atoms with Gasteiger partial charge in [0.15, 0.2) is 0 Å². The molecule has 0 spiro atoms. The monoisotopic (exact) mass is 254 g/mol. The van der Waals surface area contributed by atoms with E-state index in [1.165, 1.54) is 44.9 Å². The van der Waals surface area contributed by atoms with Crippen LogP contribution in [0.5, 0.6) is 0 Å². The highest BCUT2D eigenvalue weighted by Gasteiger charge is 1.96. The molecular weight excluding hydrogens is 224 g/mol. The van der Waals surface area contributed by atoms with Crippen molar-refractivity contribution in [1.82, 2.24) is 0 Å². The Morgan fingerprint density at radius 3 is 2.17 bits per heavy atom. The molecule has 0 aromatic rings. The van der Waals surface area contributed by atoms with Gasteiger partial charge in [0.2, 0.25) is 0 Å². The summed E-state index contributed by atoms with van der Waals surface area (Å²) < 4.78 is 5.11. The van der Waals surface area contributed by atoms with Crippen molar-refractivity contribution in [3.8, 4) is 0 Å². The zero-order valence-electron chi connectivity index (χ0n) is 12.2. The smallest absolute Gasteiger partial charge is 0.330 e. The topological polar surface area (TPSA) is 26.3 Å². The van der Waals surface area contributed by atoms with Gasteiger partial charge in [-0.1, -0.05) is 64.9 Å². The van der Waals surface area contributed by atoms with E-state index in [1.54, 1.807) is 6.08 Å². The molecule has 0 saturated carbocycles. The summed E-state index contributed by atoms with van der Waals surface area (Å²) >= 11 is 0. The molecule has 0 heterocycles. The van der Waals surface area contributed by atoms with E-state index in [0.29, 0.717) is 6.61 Å². The van der Waals surface area contributed by atoms with Crippen molar-refractivity contribution in [3.05, 3.63) is 12.2 Å². The van der Waals surface area contributed by atoms with Crippen molar-refractivity contribution in [2.75, 3.05) is 6.61 Å². The van der Waals surface area contributed by atoms with Crippen LogP contribution < -0.4 is 0 Å². The van der Waals surface area contributed by atoms with Gasteiger partial charge in [0, 0.05) is 6.08 Å². The lowest BCUT2D eigenvalue weighted by atomic mass is 10.1. The second-order valence-corrected chi connectivity index (χ2v) is 4.83. The van der Waals surface area contributed by atoms with Crippen molar-refractivity contribution in [2.24, 2.45) is 0 Å².